The van der Waals surface area contributed by atoms with Gasteiger partial charge in [0.15, 0.2) is 0 Å². The number of benzene rings is 1. The van der Waals surface area contributed by atoms with Crippen LogP contribution in [0.3, 0.4) is 0 Å². The van der Waals surface area contributed by atoms with E-state index in [1.54, 1.807) is 31.2 Å². The number of carbonyl (C=O) groups excluding carboxylic acids is 2. The van der Waals surface area contributed by atoms with Gasteiger partial charge in [0.05, 0.1) is 0 Å². The molecule has 2 rings (SSSR count). The van der Waals surface area contributed by atoms with E-state index in [2.05, 4.69) is 10.6 Å². The summed E-state index contributed by atoms with van der Waals surface area (Å²) in [6, 6.07) is 5.91. The molecule has 0 radical (unpaired) electrons. The minimum atomic E-state index is -0.610. The van der Waals surface area contributed by atoms with Crippen molar-refractivity contribution in [3.63, 3.8) is 0 Å². The molecule has 2 unspecified atom stereocenters. The smallest absolute Gasteiger partial charge is 0.251 e. The summed E-state index contributed by atoms with van der Waals surface area (Å²) in [5.41, 5.74) is 6.12. The molecule has 0 bridgehead atoms. The van der Waals surface area contributed by atoms with Crippen LogP contribution in [-0.4, -0.2) is 30.4 Å². The Balaban J connectivity index is 1.87. The molecule has 2 atom stereocenters. The zero-order valence-corrected chi connectivity index (χ0v) is 12.7. The van der Waals surface area contributed by atoms with Crippen LogP contribution in [0.1, 0.15) is 30.1 Å². The van der Waals surface area contributed by atoms with E-state index >= 15 is 0 Å². The van der Waals surface area contributed by atoms with Crippen LogP contribution in [0.4, 0.5) is 0 Å². The van der Waals surface area contributed by atoms with Crippen molar-refractivity contribution in [1.29, 1.82) is 0 Å². The SMILES string of the molecule is CC(NC(=O)c1ccc(Cl)cc1)C(=O)NC(CN)C1CC1. The summed E-state index contributed by atoms with van der Waals surface area (Å²) in [5.74, 6) is -0.0252. The fourth-order valence-electron chi connectivity index (χ4n) is 2.12. The highest BCUT2D eigenvalue weighted by Gasteiger charge is 2.32. The Labute approximate surface area is 129 Å². The largest absolute Gasteiger partial charge is 0.350 e. The molecule has 1 saturated carbocycles. The first-order valence-corrected chi connectivity index (χ1v) is 7.46. The van der Waals surface area contributed by atoms with E-state index in [-0.39, 0.29) is 17.9 Å². The maximum absolute atomic E-state index is 12.1. The molecule has 0 heterocycles. The third-order valence-corrected chi connectivity index (χ3v) is 3.87. The predicted molar refractivity (Wildman–Crippen MR) is 82.1 cm³/mol. The number of nitrogens with one attached hydrogen (secondary N) is 2. The van der Waals surface area contributed by atoms with Gasteiger partial charge in [-0.15, -0.1) is 0 Å². The summed E-state index contributed by atoms with van der Waals surface area (Å²) in [4.78, 5) is 24.1. The van der Waals surface area contributed by atoms with Gasteiger partial charge in [-0.2, -0.15) is 0 Å². The fourth-order valence-corrected chi connectivity index (χ4v) is 2.25. The molecule has 4 N–H and O–H groups in total. The number of hydrogen-bond donors (Lipinski definition) is 3. The molecular weight excluding hydrogens is 290 g/mol. The maximum atomic E-state index is 12.1. The topological polar surface area (TPSA) is 84.2 Å². The average molecular weight is 310 g/mol. The minimum Gasteiger partial charge on any atom is -0.350 e. The standard InChI is InChI=1S/C15H20ClN3O2/c1-9(14(20)19-13(8-17)10-2-3-10)18-15(21)11-4-6-12(16)7-5-11/h4-7,9-10,13H,2-3,8,17H2,1H3,(H,18,21)(H,19,20). The molecule has 2 amide bonds. The van der Waals surface area contributed by atoms with Crippen LogP contribution in [0.15, 0.2) is 24.3 Å². The second kappa shape index (κ2) is 6.91. The van der Waals surface area contributed by atoms with Crippen LogP contribution in [0.2, 0.25) is 5.02 Å². The van der Waals surface area contributed by atoms with E-state index in [1.165, 1.54) is 0 Å². The van der Waals surface area contributed by atoms with Crippen LogP contribution in [0.25, 0.3) is 0 Å². The van der Waals surface area contributed by atoms with Crippen LogP contribution < -0.4 is 16.4 Å². The molecule has 5 nitrogen and oxygen atoms in total. The third-order valence-electron chi connectivity index (χ3n) is 3.62. The monoisotopic (exact) mass is 309 g/mol. The lowest BCUT2D eigenvalue weighted by molar-refractivity contribution is -0.123. The van der Waals surface area contributed by atoms with Gasteiger partial charge in [0, 0.05) is 23.2 Å². The lowest BCUT2D eigenvalue weighted by Crippen LogP contribution is -2.50. The minimum absolute atomic E-state index is 0.00684. The average Bonchev–Trinajstić information content (AvgIpc) is 3.29. The second-order valence-corrected chi connectivity index (χ2v) is 5.83. The molecule has 1 aromatic carbocycles. The molecule has 6 heteroatoms. The Morgan fingerprint density at radius 1 is 1.29 bits per heavy atom. The Kier molecular flexibility index (Phi) is 5.20. The molecule has 0 spiro atoms. The van der Waals surface area contributed by atoms with Crippen LogP contribution in [-0.2, 0) is 4.79 Å². The van der Waals surface area contributed by atoms with Crippen molar-refractivity contribution in [2.24, 2.45) is 11.7 Å². The van der Waals surface area contributed by atoms with Gasteiger partial charge in [-0.25, -0.2) is 0 Å². The van der Waals surface area contributed by atoms with Crippen molar-refractivity contribution in [2.75, 3.05) is 6.54 Å². The first-order chi connectivity index (χ1) is 10.0. The van der Waals surface area contributed by atoms with Gasteiger partial charge >= 0.3 is 0 Å². The first kappa shape index (κ1) is 15.8. The van der Waals surface area contributed by atoms with E-state index in [0.717, 1.165) is 12.8 Å². The fraction of sp³-hybridized carbons (Fsp3) is 0.467. The van der Waals surface area contributed by atoms with Crippen molar-refractivity contribution in [1.82, 2.24) is 10.6 Å². The van der Waals surface area contributed by atoms with Crippen molar-refractivity contribution in [2.45, 2.75) is 31.8 Å². The quantitative estimate of drug-likeness (QED) is 0.741. The molecule has 0 aromatic heterocycles. The Morgan fingerprint density at radius 2 is 1.90 bits per heavy atom. The Hall–Kier alpha value is -1.59. The number of rotatable bonds is 6. The van der Waals surface area contributed by atoms with E-state index in [0.29, 0.717) is 23.0 Å². The maximum Gasteiger partial charge on any atom is 0.251 e. The lowest BCUT2D eigenvalue weighted by Gasteiger charge is -2.20. The van der Waals surface area contributed by atoms with Gasteiger partial charge in [-0.3, -0.25) is 9.59 Å². The van der Waals surface area contributed by atoms with E-state index in [1.807, 2.05) is 0 Å². The highest BCUT2D eigenvalue weighted by molar-refractivity contribution is 6.30. The number of halogens is 1. The van der Waals surface area contributed by atoms with Gasteiger partial charge in [0.2, 0.25) is 5.91 Å². The summed E-state index contributed by atoms with van der Waals surface area (Å²) in [5, 5.41) is 6.13. The lowest BCUT2D eigenvalue weighted by atomic mass is 10.1. The molecule has 1 aromatic rings. The van der Waals surface area contributed by atoms with Gasteiger partial charge in [0.1, 0.15) is 6.04 Å². The first-order valence-electron chi connectivity index (χ1n) is 7.08. The Morgan fingerprint density at radius 3 is 2.43 bits per heavy atom. The molecule has 0 saturated heterocycles. The zero-order chi connectivity index (χ0) is 15.4. The molecule has 1 aliphatic carbocycles. The molecule has 114 valence electrons. The molecule has 1 fully saturated rings. The van der Waals surface area contributed by atoms with Gasteiger partial charge in [-0.1, -0.05) is 11.6 Å². The highest BCUT2D eigenvalue weighted by atomic mass is 35.5. The number of amides is 2. The highest BCUT2D eigenvalue weighted by Crippen LogP contribution is 2.32. The number of nitrogens with two attached hydrogens (primary N) is 1. The zero-order valence-electron chi connectivity index (χ0n) is 11.9. The van der Waals surface area contributed by atoms with Crippen molar-refractivity contribution in [3.8, 4) is 0 Å². The summed E-state index contributed by atoms with van der Waals surface area (Å²) in [6.45, 7) is 2.08. The molecule has 0 aliphatic heterocycles. The molecule has 1 aliphatic rings. The number of hydrogen-bond acceptors (Lipinski definition) is 3. The van der Waals surface area contributed by atoms with Crippen molar-refractivity contribution in [3.05, 3.63) is 34.9 Å². The van der Waals surface area contributed by atoms with Crippen LogP contribution in [0.5, 0.6) is 0 Å². The summed E-state index contributed by atoms with van der Waals surface area (Å²) in [6.07, 6.45) is 2.21. The third kappa shape index (κ3) is 4.44. The van der Waals surface area contributed by atoms with Gasteiger partial charge in [-0.05, 0) is 49.9 Å². The summed E-state index contributed by atoms with van der Waals surface area (Å²) >= 11 is 5.77. The van der Waals surface area contributed by atoms with E-state index in [9.17, 15) is 9.59 Å². The van der Waals surface area contributed by atoms with Crippen molar-refractivity contribution >= 4 is 23.4 Å². The molecular formula is C15H20ClN3O2. The van der Waals surface area contributed by atoms with Gasteiger partial charge in [0.25, 0.3) is 5.91 Å². The van der Waals surface area contributed by atoms with Crippen molar-refractivity contribution < 1.29 is 9.59 Å². The van der Waals surface area contributed by atoms with E-state index < -0.39 is 6.04 Å². The second-order valence-electron chi connectivity index (χ2n) is 5.39. The summed E-state index contributed by atoms with van der Waals surface area (Å²) < 4.78 is 0. The molecule has 21 heavy (non-hydrogen) atoms. The normalized spacial score (nSPS) is 16.9. The van der Waals surface area contributed by atoms with Crippen LogP contribution >= 0.6 is 11.6 Å². The predicted octanol–water partition coefficient (Wildman–Crippen LogP) is 1.31. The number of carbonyl (C=O) groups is 2. The Bertz CT molecular complexity index is 514. The summed E-state index contributed by atoms with van der Waals surface area (Å²) in [7, 11) is 0. The van der Waals surface area contributed by atoms with Gasteiger partial charge < -0.3 is 16.4 Å². The van der Waals surface area contributed by atoms with E-state index in [4.69, 9.17) is 17.3 Å². The van der Waals surface area contributed by atoms with Crippen LogP contribution in [0, 0.1) is 5.92 Å².